The highest BCUT2D eigenvalue weighted by molar-refractivity contribution is 6.30. The van der Waals surface area contributed by atoms with Crippen molar-refractivity contribution in [3.05, 3.63) is 41.7 Å². The van der Waals surface area contributed by atoms with Crippen molar-refractivity contribution in [1.29, 1.82) is 0 Å². The van der Waals surface area contributed by atoms with E-state index in [9.17, 15) is 9.59 Å². The largest absolute Gasteiger partial charge is 0.480 e. The van der Waals surface area contributed by atoms with Gasteiger partial charge in [0.15, 0.2) is 0 Å². The van der Waals surface area contributed by atoms with Crippen LogP contribution < -0.4 is 0 Å². The molecule has 0 saturated heterocycles. The Morgan fingerprint density at radius 1 is 1.53 bits per heavy atom. The van der Waals surface area contributed by atoms with E-state index in [2.05, 4.69) is 11.6 Å². The van der Waals surface area contributed by atoms with E-state index in [1.807, 2.05) is 0 Å². The van der Waals surface area contributed by atoms with Crippen LogP contribution in [0, 0.1) is 0 Å². The normalized spacial score (nSPS) is 9.71. The van der Waals surface area contributed by atoms with E-state index >= 15 is 0 Å². The first-order valence-electron chi connectivity index (χ1n) is 4.78. The second kappa shape index (κ2) is 6.00. The molecule has 0 aromatic carbocycles. The number of hydrogen-bond donors (Lipinski definition) is 1. The second-order valence-electron chi connectivity index (χ2n) is 3.23. The third-order valence-corrected chi connectivity index (χ3v) is 2.13. The van der Waals surface area contributed by atoms with Crippen LogP contribution in [0.1, 0.15) is 10.5 Å². The molecule has 1 rings (SSSR count). The first kappa shape index (κ1) is 13.2. The molecule has 0 saturated carbocycles. The molecule has 1 N–H and O–H groups in total. The summed E-state index contributed by atoms with van der Waals surface area (Å²) in [6, 6.07) is 2.97. The maximum absolute atomic E-state index is 11.9. The van der Waals surface area contributed by atoms with Gasteiger partial charge >= 0.3 is 5.97 Å². The van der Waals surface area contributed by atoms with E-state index in [0.717, 1.165) is 4.90 Å². The van der Waals surface area contributed by atoms with Gasteiger partial charge < -0.3 is 10.0 Å². The lowest BCUT2D eigenvalue weighted by atomic mass is 10.3. The lowest BCUT2D eigenvalue weighted by Gasteiger charge is -2.18. The van der Waals surface area contributed by atoms with E-state index in [1.54, 1.807) is 0 Å². The number of hydrogen-bond acceptors (Lipinski definition) is 3. The highest BCUT2D eigenvalue weighted by atomic mass is 35.5. The van der Waals surface area contributed by atoms with Crippen LogP contribution >= 0.6 is 11.6 Å². The molecule has 1 heterocycles. The van der Waals surface area contributed by atoms with Crippen molar-refractivity contribution < 1.29 is 14.7 Å². The predicted octanol–water partition coefficient (Wildman–Crippen LogP) is 1.45. The fourth-order valence-electron chi connectivity index (χ4n) is 1.20. The summed E-state index contributed by atoms with van der Waals surface area (Å²) < 4.78 is 0. The average Bonchev–Trinajstić information content (AvgIpc) is 2.28. The molecule has 0 fully saturated rings. The van der Waals surface area contributed by atoms with Gasteiger partial charge in [-0.25, -0.2) is 4.98 Å². The van der Waals surface area contributed by atoms with E-state index in [1.165, 1.54) is 24.4 Å². The molecule has 90 valence electrons. The minimum absolute atomic E-state index is 0.148. The topological polar surface area (TPSA) is 70.5 Å². The van der Waals surface area contributed by atoms with Gasteiger partial charge in [-0.2, -0.15) is 0 Å². The highest BCUT2D eigenvalue weighted by Gasteiger charge is 2.18. The number of carbonyl (C=O) groups is 2. The van der Waals surface area contributed by atoms with Crippen LogP contribution in [0.3, 0.4) is 0 Å². The number of nitrogens with zero attached hydrogens (tertiary/aromatic N) is 2. The number of aromatic nitrogens is 1. The van der Waals surface area contributed by atoms with Gasteiger partial charge in [0, 0.05) is 12.7 Å². The van der Waals surface area contributed by atoms with Crippen molar-refractivity contribution in [1.82, 2.24) is 9.88 Å². The smallest absolute Gasteiger partial charge is 0.323 e. The Balaban J connectivity index is 2.86. The molecule has 0 atom stereocenters. The fourth-order valence-corrected chi connectivity index (χ4v) is 1.31. The zero-order chi connectivity index (χ0) is 12.8. The summed E-state index contributed by atoms with van der Waals surface area (Å²) in [6.45, 7) is 3.22. The van der Waals surface area contributed by atoms with Crippen LogP contribution in [0.2, 0.25) is 5.02 Å². The molecular formula is C11H11ClN2O3. The van der Waals surface area contributed by atoms with Gasteiger partial charge in [-0.3, -0.25) is 9.59 Å². The molecule has 0 unspecified atom stereocenters. The predicted molar refractivity (Wildman–Crippen MR) is 63.0 cm³/mol. The van der Waals surface area contributed by atoms with Crippen molar-refractivity contribution >= 4 is 23.5 Å². The van der Waals surface area contributed by atoms with Crippen molar-refractivity contribution in [3.8, 4) is 0 Å². The SMILES string of the molecule is C=CCN(CC(=O)O)C(=O)c1ccc(Cl)cn1. The standard InChI is InChI=1S/C11H11ClN2O3/c1-2-5-14(7-10(15)16)11(17)9-4-3-8(12)6-13-9/h2-4,6H,1,5,7H2,(H,15,16). The summed E-state index contributed by atoms with van der Waals surface area (Å²) in [7, 11) is 0. The molecule has 1 aromatic heterocycles. The Morgan fingerprint density at radius 3 is 2.71 bits per heavy atom. The number of pyridine rings is 1. The van der Waals surface area contributed by atoms with Crippen LogP contribution in [-0.2, 0) is 4.79 Å². The molecule has 0 radical (unpaired) electrons. The summed E-state index contributed by atoms with van der Waals surface area (Å²) in [5.41, 5.74) is 0.150. The minimum Gasteiger partial charge on any atom is -0.480 e. The van der Waals surface area contributed by atoms with Gasteiger partial charge in [0.1, 0.15) is 12.2 Å². The maximum Gasteiger partial charge on any atom is 0.323 e. The van der Waals surface area contributed by atoms with Crippen LogP contribution in [0.25, 0.3) is 0 Å². The monoisotopic (exact) mass is 254 g/mol. The van der Waals surface area contributed by atoms with Gasteiger partial charge in [-0.15, -0.1) is 6.58 Å². The molecule has 0 aliphatic heterocycles. The Morgan fingerprint density at radius 2 is 2.24 bits per heavy atom. The van der Waals surface area contributed by atoms with Gasteiger partial charge in [-0.1, -0.05) is 17.7 Å². The zero-order valence-electron chi connectivity index (χ0n) is 8.97. The summed E-state index contributed by atoms with van der Waals surface area (Å²) in [5.74, 6) is -1.56. The van der Waals surface area contributed by atoms with E-state index in [-0.39, 0.29) is 12.2 Å². The molecule has 0 bridgehead atoms. The highest BCUT2D eigenvalue weighted by Crippen LogP contribution is 2.08. The summed E-state index contributed by atoms with van der Waals surface area (Å²) in [6.07, 6.45) is 2.79. The molecule has 1 amide bonds. The lowest BCUT2D eigenvalue weighted by Crippen LogP contribution is -2.36. The molecule has 6 heteroatoms. The Kier molecular flexibility index (Phi) is 4.66. The molecule has 0 aliphatic carbocycles. The summed E-state index contributed by atoms with van der Waals surface area (Å²) in [4.78, 5) is 27.5. The van der Waals surface area contributed by atoms with Crippen molar-refractivity contribution in [2.24, 2.45) is 0 Å². The summed E-state index contributed by atoms with van der Waals surface area (Å²) in [5, 5.41) is 9.09. The number of carbonyl (C=O) groups excluding carboxylic acids is 1. The second-order valence-corrected chi connectivity index (χ2v) is 3.67. The number of halogens is 1. The maximum atomic E-state index is 11.9. The van der Waals surface area contributed by atoms with Gasteiger partial charge in [-0.05, 0) is 12.1 Å². The average molecular weight is 255 g/mol. The number of amides is 1. The molecule has 5 nitrogen and oxygen atoms in total. The van der Waals surface area contributed by atoms with Gasteiger partial charge in [0.2, 0.25) is 0 Å². The fraction of sp³-hybridized carbons (Fsp3) is 0.182. The Labute approximate surface area is 103 Å². The third-order valence-electron chi connectivity index (χ3n) is 1.91. The van der Waals surface area contributed by atoms with E-state index in [4.69, 9.17) is 16.7 Å². The molecule has 17 heavy (non-hydrogen) atoms. The third kappa shape index (κ3) is 3.88. The first-order valence-corrected chi connectivity index (χ1v) is 5.16. The zero-order valence-corrected chi connectivity index (χ0v) is 9.72. The quantitative estimate of drug-likeness (QED) is 0.808. The van der Waals surface area contributed by atoms with E-state index < -0.39 is 18.4 Å². The molecule has 0 aliphatic rings. The van der Waals surface area contributed by atoms with Gasteiger partial charge in [0.05, 0.1) is 5.02 Å². The van der Waals surface area contributed by atoms with Crippen molar-refractivity contribution in [2.75, 3.05) is 13.1 Å². The summed E-state index contributed by atoms with van der Waals surface area (Å²) >= 11 is 5.64. The molecule has 0 spiro atoms. The van der Waals surface area contributed by atoms with Crippen LogP contribution in [0.15, 0.2) is 31.0 Å². The minimum atomic E-state index is -1.09. The number of rotatable bonds is 5. The Bertz CT molecular complexity index is 431. The number of carboxylic acid groups (broad SMARTS) is 1. The first-order chi connectivity index (χ1) is 8.04. The van der Waals surface area contributed by atoms with Crippen LogP contribution in [0.4, 0.5) is 0 Å². The Hall–Kier alpha value is -1.88. The van der Waals surface area contributed by atoms with Crippen LogP contribution in [0.5, 0.6) is 0 Å². The van der Waals surface area contributed by atoms with Crippen molar-refractivity contribution in [3.63, 3.8) is 0 Å². The van der Waals surface area contributed by atoms with E-state index in [0.29, 0.717) is 5.02 Å². The number of aliphatic carboxylic acids is 1. The molecular weight excluding hydrogens is 244 g/mol. The van der Waals surface area contributed by atoms with Gasteiger partial charge in [0.25, 0.3) is 5.91 Å². The molecule has 1 aromatic rings. The van der Waals surface area contributed by atoms with Crippen LogP contribution in [-0.4, -0.2) is 40.0 Å². The number of carboxylic acids is 1. The van der Waals surface area contributed by atoms with Crippen molar-refractivity contribution in [2.45, 2.75) is 0 Å². The lowest BCUT2D eigenvalue weighted by molar-refractivity contribution is -0.137.